The van der Waals surface area contributed by atoms with Crippen molar-refractivity contribution in [1.82, 2.24) is 20.3 Å². The van der Waals surface area contributed by atoms with Crippen LogP contribution in [0.4, 0.5) is 4.39 Å². The van der Waals surface area contributed by atoms with E-state index in [9.17, 15) is 14.0 Å². The van der Waals surface area contributed by atoms with Crippen LogP contribution in [0.3, 0.4) is 0 Å². The van der Waals surface area contributed by atoms with Gasteiger partial charge in [-0.25, -0.2) is 4.39 Å². The van der Waals surface area contributed by atoms with Crippen molar-refractivity contribution < 1.29 is 19.1 Å². The van der Waals surface area contributed by atoms with Gasteiger partial charge < -0.3 is 10.0 Å². The number of carbonyl (C=O) groups excluding carboxylic acids is 1. The summed E-state index contributed by atoms with van der Waals surface area (Å²) in [5.74, 6) is -1.55. The number of benzene rings is 1. The summed E-state index contributed by atoms with van der Waals surface area (Å²) < 4.78 is 12.9. The normalized spacial score (nSPS) is 20.0. The lowest BCUT2D eigenvalue weighted by molar-refractivity contribution is -0.138. The van der Waals surface area contributed by atoms with E-state index in [-0.39, 0.29) is 30.0 Å². The van der Waals surface area contributed by atoms with Crippen LogP contribution in [0, 0.1) is 11.7 Å². The van der Waals surface area contributed by atoms with E-state index in [0.29, 0.717) is 31.6 Å². The molecule has 1 aliphatic heterocycles. The molecule has 0 unspecified atom stereocenters. The molecule has 0 saturated carbocycles. The molecule has 1 saturated heterocycles. The fraction of sp³-hybridized carbons (Fsp3) is 0.412. The maximum absolute atomic E-state index is 12.9. The zero-order chi connectivity index (χ0) is 17.8. The van der Waals surface area contributed by atoms with E-state index in [1.807, 2.05) is 0 Å². The molecule has 1 fully saturated rings. The first-order valence-electron chi connectivity index (χ1n) is 8.12. The Bertz CT molecular complexity index is 733. The van der Waals surface area contributed by atoms with Crippen LogP contribution in [0.1, 0.15) is 30.0 Å². The van der Waals surface area contributed by atoms with Crippen molar-refractivity contribution in [2.24, 2.45) is 5.92 Å². The van der Waals surface area contributed by atoms with Crippen LogP contribution in [0.5, 0.6) is 0 Å². The summed E-state index contributed by atoms with van der Waals surface area (Å²) in [6.45, 7) is 0.832. The number of halogens is 1. The number of nitrogens with zero attached hydrogens (tertiary/aromatic N) is 3. The predicted octanol–water partition coefficient (Wildman–Crippen LogP) is 1.59. The Kier molecular flexibility index (Phi) is 5.06. The van der Waals surface area contributed by atoms with Crippen LogP contribution >= 0.6 is 0 Å². The van der Waals surface area contributed by atoms with Gasteiger partial charge in [0.25, 0.3) is 0 Å². The van der Waals surface area contributed by atoms with E-state index in [4.69, 9.17) is 5.11 Å². The minimum absolute atomic E-state index is 0.0146. The SMILES string of the molecule is O=C(O)C[C@H]1CN(C(=O)CCc2ccc(F)cc2)C[C@H]1c1cn[nH]n1. The third-order valence-electron chi connectivity index (χ3n) is 4.58. The Morgan fingerprint density at radius 1 is 1.28 bits per heavy atom. The smallest absolute Gasteiger partial charge is 0.303 e. The number of hydrogen-bond donors (Lipinski definition) is 2. The topological polar surface area (TPSA) is 99.2 Å². The van der Waals surface area contributed by atoms with Crippen LogP contribution < -0.4 is 0 Å². The van der Waals surface area contributed by atoms with Gasteiger partial charge in [-0.05, 0) is 30.0 Å². The van der Waals surface area contributed by atoms with Crippen LogP contribution in [-0.4, -0.2) is 50.4 Å². The van der Waals surface area contributed by atoms with E-state index in [1.54, 1.807) is 23.2 Å². The average molecular weight is 346 g/mol. The molecule has 2 atom stereocenters. The van der Waals surface area contributed by atoms with E-state index in [1.165, 1.54) is 12.1 Å². The number of carboxylic acid groups (broad SMARTS) is 1. The lowest BCUT2D eigenvalue weighted by atomic mass is 9.91. The molecule has 0 bridgehead atoms. The number of H-pyrrole nitrogens is 1. The molecule has 7 nitrogen and oxygen atoms in total. The first-order chi connectivity index (χ1) is 12.0. The van der Waals surface area contributed by atoms with Crippen molar-refractivity contribution in [2.75, 3.05) is 13.1 Å². The molecule has 0 aliphatic carbocycles. The van der Waals surface area contributed by atoms with Crippen LogP contribution in [0.2, 0.25) is 0 Å². The van der Waals surface area contributed by atoms with Crippen LogP contribution in [0.15, 0.2) is 30.5 Å². The van der Waals surface area contributed by atoms with E-state index in [0.717, 1.165) is 5.56 Å². The predicted molar refractivity (Wildman–Crippen MR) is 86.2 cm³/mol. The fourth-order valence-corrected chi connectivity index (χ4v) is 3.29. The van der Waals surface area contributed by atoms with Gasteiger partial charge in [0, 0.05) is 25.4 Å². The number of nitrogens with one attached hydrogen (secondary N) is 1. The first kappa shape index (κ1) is 17.1. The van der Waals surface area contributed by atoms with Gasteiger partial charge in [-0.2, -0.15) is 15.4 Å². The zero-order valence-electron chi connectivity index (χ0n) is 13.6. The molecule has 1 aliphatic rings. The molecule has 8 heteroatoms. The largest absolute Gasteiger partial charge is 0.481 e. The molecule has 0 radical (unpaired) electrons. The number of hydrogen-bond acceptors (Lipinski definition) is 4. The van der Waals surface area contributed by atoms with E-state index in [2.05, 4.69) is 15.4 Å². The standard InChI is InChI=1S/C17H19FN4O3/c18-13-4-1-11(2-5-13)3-6-16(23)22-9-12(7-17(24)25)14(10-22)15-8-19-21-20-15/h1-2,4-5,8,12,14H,3,6-7,9-10H2,(H,24,25)(H,19,20,21)/t12-,14+/m0/s1. The monoisotopic (exact) mass is 346 g/mol. The summed E-state index contributed by atoms with van der Waals surface area (Å²) in [7, 11) is 0. The highest BCUT2D eigenvalue weighted by Gasteiger charge is 2.38. The maximum Gasteiger partial charge on any atom is 0.303 e. The number of aromatic nitrogens is 3. The summed E-state index contributed by atoms with van der Waals surface area (Å²) in [6.07, 6.45) is 2.38. The summed E-state index contributed by atoms with van der Waals surface area (Å²) in [4.78, 5) is 25.3. The van der Waals surface area contributed by atoms with Crippen LogP contribution in [-0.2, 0) is 16.0 Å². The van der Waals surface area contributed by atoms with E-state index >= 15 is 0 Å². The van der Waals surface area contributed by atoms with Gasteiger partial charge in [0.15, 0.2) is 0 Å². The van der Waals surface area contributed by atoms with Gasteiger partial charge in [-0.15, -0.1) is 0 Å². The number of amides is 1. The Morgan fingerprint density at radius 2 is 2.04 bits per heavy atom. The van der Waals surface area contributed by atoms with Gasteiger partial charge >= 0.3 is 5.97 Å². The van der Waals surface area contributed by atoms with Gasteiger partial charge in [0.05, 0.1) is 18.3 Å². The average Bonchev–Trinajstić information content (AvgIpc) is 3.23. The number of rotatable bonds is 6. The van der Waals surface area contributed by atoms with Gasteiger partial charge in [0.2, 0.25) is 5.91 Å². The third kappa shape index (κ3) is 4.20. The Hall–Kier alpha value is -2.77. The highest BCUT2D eigenvalue weighted by Crippen LogP contribution is 2.33. The molecule has 25 heavy (non-hydrogen) atoms. The van der Waals surface area contributed by atoms with Crippen molar-refractivity contribution in [1.29, 1.82) is 0 Å². The van der Waals surface area contributed by atoms with Crippen molar-refractivity contribution in [3.63, 3.8) is 0 Å². The lowest BCUT2D eigenvalue weighted by Crippen LogP contribution is -2.29. The van der Waals surface area contributed by atoms with Crippen LogP contribution in [0.25, 0.3) is 0 Å². The van der Waals surface area contributed by atoms with Crippen molar-refractivity contribution in [2.45, 2.75) is 25.2 Å². The highest BCUT2D eigenvalue weighted by atomic mass is 19.1. The molecular weight excluding hydrogens is 327 g/mol. The number of aryl methyl sites for hydroxylation is 1. The first-order valence-corrected chi connectivity index (χ1v) is 8.12. The van der Waals surface area contributed by atoms with Gasteiger partial charge in [0.1, 0.15) is 5.82 Å². The van der Waals surface area contributed by atoms with Gasteiger partial charge in [-0.1, -0.05) is 12.1 Å². The second kappa shape index (κ2) is 7.42. The number of carbonyl (C=O) groups is 2. The summed E-state index contributed by atoms with van der Waals surface area (Å²) in [5.41, 5.74) is 1.57. The number of carboxylic acids is 1. The second-order valence-corrected chi connectivity index (χ2v) is 6.28. The minimum atomic E-state index is -0.890. The van der Waals surface area contributed by atoms with Crippen molar-refractivity contribution >= 4 is 11.9 Å². The fourth-order valence-electron chi connectivity index (χ4n) is 3.29. The van der Waals surface area contributed by atoms with Gasteiger partial charge in [-0.3, -0.25) is 9.59 Å². The molecule has 2 N–H and O–H groups in total. The van der Waals surface area contributed by atoms with Crippen molar-refractivity contribution in [3.05, 3.63) is 47.5 Å². The molecule has 0 spiro atoms. The zero-order valence-corrected chi connectivity index (χ0v) is 13.6. The molecule has 132 valence electrons. The molecular formula is C17H19FN4O3. The minimum Gasteiger partial charge on any atom is -0.481 e. The quantitative estimate of drug-likeness (QED) is 0.827. The molecule has 1 aromatic heterocycles. The molecule has 1 amide bonds. The maximum atomic E-state index is 12.9. The number of aromatic amines is 1. The second-order valence-electron chi connectivity index (χ2n) is 6.28. The summed E-state index contributed by atoms with van der Waals surface area (Å²) in [5, 5.41) is 19.5. The molecule has 2 heterocycles. The Balaban J connectivity index is 1.62. The Labute approximate surface area is 143 Å². The molecule has 1 aromatic carbocycles. The summed E-state index contributed by atoms with van der Waals surface area (Å²) >= 11 is 0. The third-order valence-corrected chi connectivity index (χ3v) is 4.58. The van der Waals surface area contributed by atoms with E-state index < -0.39 is 5.97 Å². The summed E-state index contributed by atoms with van der Waals surface area (Å²) in [6, 6.07) is 6.08. The number of likely N-dealkylation sites (tertiary alicyclic amines) is 1. The van der Waals surface area contributed by atoms with Crippen molar-refractivity contribution in [3.8, 4) is 0 Å². The lowest BCUT2D eigenvalue weighted by Gasteiger charge is -2.16. The molecule has 2 aromatic rings. The molecule has 3 rings (SSSR count). The number of aliphatic carboxylic acids is 1. The Morgan fingerprint density at radius 3 is 2.68 bits per heavy atom. The highest BCUT2D eigenvalue weighted by molar-refractivity contribution is 5.77.